The van der Waals surface area contributed by atoms with Crippen molar-refractivity contribution < 1.29 is 4.79 Å². The van der Waals surface area contributed by atoms with Gasteiger partial charge in [0, 0.05) is 22.3 Å². The summed E-state index contributed by atoms with van der Waals surface area (Å²) in [6.45, 7) is 8.23. The molecular weight excluding hydrogens is 472 g/mol. The molecule has 0 unspecified atom stereocenters. The van der Waals surface area contributed by atoms with Gasteiger partial charge in [0.2, 0.25) is 5.91 Å². The Bertz CT molecular complexity index is 1270. The summed E-state index contributed by atoms with van der Waals surface area (Å²) >= 11 is 3.16. The van der Waals surface area contributed by atoms with Crippen molar-refractivity contribution in [2.24, 2.45) is 0 Å². The standard InChI is InChI=1S/C28H30N4OS2/c1-20(2)31(23-10-6-5-7-11-23)27(33)19-35-28-30-29-26(18-34-25-15-13-21(3)14-16-25)32(28)24-12-8-9-22(4)17-24/h5-17,20H,18-19H2,1-4H3. The molecule has 0 spiro atoms. The highest BCUT2D eigenvalue weighted by Gasteiger charge is 2.21. The van der Waals surface area contributed by atoms with E-state index in [0.717, 1.165) is 27.9 Å². The summed E-state index contributed by atoms with van der Waals surface area (Å²) < 4.78 is 2.08. The van der Waals surface area contributed by atoms with Crippen molar-refractivity contribution in [2.75, 3.05) is 10.7 Å². The van der Waals surface area contributed by atoms with E-state index >= 15 is 0 Å². The maximum Gasteiger partial charge on any atom is 0.237 e. The van der Waals surface area contributed by atoms with Gasteiger partial charge in [-0.3, -0.25) is 9.36 Å². The van der Waals surface area contributed by atoms with E-state index < -0.39 is 0 Å². The van der Waals surface area contributed by atoms with E-state index in [1.807, 2.05) is 55.1 Å². The fraction of sp³-hybridized carbons (Fsp3) is 0.250. The van der Waals surface area contributed by atoms with Gasteiger partial charge in [-0.15, -0.1) is 22.0 Å². The largest absolute Gasteiger partial charge is 0.309 e. The Labute approximate surface area is 216 Å². The summed E-state index contributed by atoms with van der Waals surface area (Å²) in [5.74, 6) is 1.87. The van der Waals surface area contributed by atoms with Crippen LogP contribution < -0.4 is 4.90 Å². The Balaban J connectivity index is 1.57. The molecule has 35 heavy (non-hydrogen) atoms. The molecule has 7 heteroatoms. The molecule has 1 amide bonds. The predicted octanol–water partition coefficient (Wildman–Crippen LogP) is 6.71. The average Bonchev–Trinajstić information content (AvgIpc) is 3.26. The van der Waals surface area contributed by atoms with Gasteiger partial charge in [0.1, 0.15) is 5.82 Å². The normalized spacial score (nSPS) is 11.1. The summed E-state index contributed by atoms with van der Waals surface area (Å²) in [6.07, 6.45) is 0. The van der Waals surface area contributed by atoms with Crippen LogP contribution in [0.25, 0.3) is 5.69 Å². The smallest absolute Gasteiger partial charge is 0.237 e. The van der Waals surface area contributed by atoms with Gasteiger partial charge in [-0.1, -0.05) is 59.8 Å². The van der Waals surface area contributed by atoms with E-state index in [4.69, 9.17) is 0 Å². The summed E-state index contributed by atoms with van der Waals surface area (Å²) in [4.78, 5) is 16.3. The van der Waals surface area contributed by atoms with Crippen LogP contribution in [0.4, 0.5) is 5.69 Å². The molecule has 180 valence electrons. The molecule has 4 rings (SSSR count). The summed E-state index contributed by atoms with van der Waals surface area (Å²) in [6, 6.07) is 26.7. The molecular formula is C28H30N4OS2. The topological polar surface area (TPSA) is 51.0 Å². The molecule has 0 aliphatic carbocycles. The number of carbonyl (C=O) groups excluding carboxylic acids is 1. The van der Waals surface area contributed by atoms with E-state index in [1.54, 1.807) is 11.8 Å². The number of amides is 1. The van der Waals surface area contributed by atoms with Gasteiger partial charge >= 0.3 is 0 Å². The van der Waals surface area contributed by atoms with Gasteiger partial charge in [-0.2, -0.15) is 0 Å². The molecule has 0 fully saturated rings. The lowest BCUT2D eigenvalue weighted by molar-refractivity contribution is -0.116. The first-order valence-corrected chi connectivity index (χ1v) is 13.6. The first-order valence-electron chi connectivity index (χ1n) is 11.6. The highest BCUT2D eigenvalue weighted by atomic mass is 32.2. The second-order valence-corrected chi connectivity index (χ2v) is 10.6. The van der Waals surface area contributed by atoms with Crippen molar-refractivity contribution in [3.05, 3.63) is 95.8 Å². The van der Waals surface area contributed by atoms with Crippen LogP contribution >= 0.6 is 23.5 Å². The van der Waals surface area contributed by atoms with Crippen molar-refractivity contribution >= 4 is 35.1 Å². The lowest BCUT2D eigenvalue weighted by atomic mass is 10.2. The van der Waals surface area contributed by atoms with Crippen LogP contribution in [0.2, 0.25) is 0 Å². The number of benzene rings is 3. The van der Waals surface area contributed by atoms with E-state index in [9.17, 15) is 4.79 Å². The zero-order valence-corrected chi connectivity index (χ0v) is 22.1. The van der Waals surface area contributed by atoms with Crippen LogP contribution in [0.3, 0.4) is 0 Å². The van der Waals surface area contributed by atoms with Crippen molar-refractivity contribution in [2.45, 2.75) is 49.5 Å². The van der Waals surface area contributed by atoms with Gasteiger partial charge in [0.25, 0.3) is 0 Å². The quantitative estimate of drug-likeness (QED) is 0.238. The number of hydrogen-bond acceptors (Lipinski definition) is 5. The van der Waals surface area contributed by atoms with Crippen LogP contribution in [-0.2, 0) is 10.5 Å². The van der Waals surface area contributed by atoms with E-state index in [2.05, 4.69) is 71.1 Å². The molecule has 4 aromatic rings. The zero-order valence-electron chi connectivity index (χ0n) is 20.5. The SMILES string of the molecule is Cc1ccc(SCc2nnc(SCC(=O)N(c3ccccc3)C(C)C)n2-c2cccc(C)c2)cc1. The van der Waals surface area contributed by atoms with Gasteiger partial charge in [0.15, 0.2) is 5.16 Å². The van der Waals surface area contributed by atoms with Gasteiger partial charge in [0.05, 0.1) is 11.5 Å². The van der Waals surface area contributed by atoms with Crippen LogP contribution in [0.15, 0.2) is 88.9 Å². The highest BCUT2D eigenvalue weighted by Crippen LogP contribution is 2.28. The molecule has 0 saturated heterocycles. The molecule has 1 aromatic heterocycles. The van der Waals surface area contributed by atoms with Crippen LogP contribution in [-0.4, -0.2) is 32.5 Å². The van der Waals surface area contributed by atoms with E-state index in [0.29, 0.717) is 5.75 Å². The third kappa shape index (κ3) is 6.35. The first kappa shape index (κ1) is 25.1. The third-order valence-corrected chi connectivity index (χ3v) is 7.42. The molecule has 0 aliphatic heterocycles. The molecule has 0 radical (unpaired) electrons. The van der Waals surface area contributed by atoms with Crippen LogP contribution in [0.1, 0.15) is 30.8 Å². The molecule has 0 atom stereocenters. The fourth-order valence-electron chi connectivity index (χ4n) is 3.81. The van der Waals surface area contributed by atoms with Crippen LogP contribution in [0.5, 0.6) is 0 Å². The Morgan fingerprint density at radius 3 is 2.31 bits per heavy atom. The maximum absolute atomic E-state index is 13.2. The number of hydrogen-bond donors (Lipinski definition) is 0. The number of rotatable bonds is 9. The minimum Gasteiger partial charge on any atom is -0.309 e. The summed E-state index contributed by atoms with van der Waals surface area (Å²) in [7, 11) is 0. The molecule has 0 bridgehead atoms. The van der Waals surface area contributed by atoms with Crippen molar-refractivity contribution in [1.82, 2.24) is 14.8 Å². The van der Waals surface area contributed by atoms with Crippen molar-refractivity contribution in [3.8, 4) is 5.69 Å². The Kier molecular flexibility index (Phi) is 8.31. The number of anilines is 1. The molecule has 0 aliphatic rings. The van der Waals surface area contributed by atoms with Crippen molar-refractivity contribution in [3.63, 3.8) is 0 Å². The van der Waals surface area contributed by atoms with E-state index in [1.165, 1.54) is 22.2 Å². The Morgan fingerprint density at radius 1 is 0.886 bits per heavy atom. The number of nitrogens with zero attached hydrogens (tertiary/aromatic N) is 4. The van der Waals surface area contributed by atoms with Crippen LogP contribution in [0, 0.1) is 13.8 Å². The first-order chi connectivity index (χ1) is 16.9. The summed E-state index contributed by atoms with van der Waals surface area (Å²) in [5, 5.41) is 9.73. The van der Waals surface area contributed by atoms with Gasteiger partial charge < -0.3 is 4.90 Å². The minimum absolute atomic E-state index is 0.0468. The minimum atomic E-state index is 0.0468. The number of para-hydroxylation sites is 1. The van der Waals surface area contributed by atoms with Gasteiger partial charge in [-0.05, 0) is 69.7 Å². The number of aromatic nitrogens is 3. The number of thioether (sulfide) groups is 2. The molecule has 0 saturated carbocycles. The zero-order chi connectivity index (χ0) is 24.8. The monoisotopic (exact) mass is 502 g/mol. The second-order valence-electron chi connectivity index (χ2n) is 8.66. The molecule has 5 nitrogen and oxygen atoms in total. The fourth-order valence-corrected chi connectivity index (χ4v) is 5.45. The average molecular weight is 503 g/mol. The summed E-state index contributed by atoms with van der Waals surface area (Å²) in [5.41, 5.74) is 4.32. The lowest BCUT2D eigenvalue weighted by Crippen LogP contribution is -2.38. The number of aryl methyl sites for hydroxylation is 2. The van der Waals surface area contributed by atoms with Gasteiger partial charge in [-0.25, -0.2) is 0 Å². The second kappa shape index (κ2) is 11.6. The molecule has 3 aromatic carbocycles. The highest BCUT2D eigenvalue weighted by molar-refractivity contribution is 7.99. The Morgan fingerprint density at radius 2 is 1.63 bits per heavy atom. The maximum atomic E-state index is 13.2. The van der Waals surface area contributed by atoms with Crippen molar-refractivity contribution in [1.29, 1.82) is 0 Å². The Hall–Kier alpha value is -3.03. The lowest BCUT2D eigenvalue weighted by Gasteiger charge is -2.26. The third-order valence-electron chi connectivity index (χ3n) is 5.49. The van der Waals surface area contributed by atoms with E-state index in [-0.39, 0.29) is 17.7 Å². The molecule has 1 heterocycles. The number of carbonyl (C=O) groups is 1. The molecule has 0 N–H and O–H groups in total. The predicted molar refractivity (Wildman–Crippen MR) is 147 cm³/mol.